The largest absolute Gasteiger partial charge is 0.496 e. The first-order valence-corrected chi connectivity index (χ1v) is 6.64. The fourth-order valence-electron chi connectivity index (χ4n) is 1.97. The Hall–Kier alpha value is -2.30. The molecule has 2 rings (SSSR count). The van der Waals surface area contributed by atoms with Crippen LogP contribution in [0.25, 0.3) is 0 Å². The summed E-state index contributed by atoms with van der Waals surface area (Å²) in [6, 6.07) is 7.21. The molecule has 1 heterocycles. The maximum absolute atomic E-state index is 12.1. The minimum atomic E-state index is -0.196. The number of benzene rings is 1. The number of aromatic amines is 1. The number of nitrogens with one attached hydrogen (secondary N) is 2. The van der Waals surface area contributed by atoms with Crippen LogP contribution in [0.5, 0.6) is 5.75 Å². The second-order valence-electron chi connectivity index (χ2n) is 4.67. The highest BCUT2D eigenvalue weighted by Crippen LogP contribution is 2.19. The van der Waals surface area contributed by atoms with Crippen LogP contribution in [0.1, 0.15) is 35.0 Å². The first-order chi connectivity index (χ1) is 9.63. The molecule has 5 nitrogen and oxygen atoms in total. The van der Waals surface area contributed by atoms with Gasteiger partial charge in [0.25, 0.3) is 5.91 Å². The Balaban J connectivity index is 2.11. The highest BCUT2D eigenvalue weighted by molar-refractivity contribution is 6.04. The molecule has 2 N–H and O–H groups in total. The number of H-pyrrole nitrogens is 1. The summed E-state index contributed by atoms with van der Waals surface area (Å²) in [5.41, 5.74) is 2.56. The molecule has 0 bridgehead atoms. The maximum Gasteiger partial charge on any atom is 0.256 e. The molecule has 0 atom stereocenters. The quantitative estimate of drug-likeness (QED) is 0.880. The Morgan fingerprint density at radius 3 is 2.90 bits per heavy atom. The molecule has 0 saturated heterocycles. The van der Waals surface area contributed by atoms with Crippen LogP contribution in [0, 0.1) is 6.92 Å². The molecule has 0 aliphatic rings. The van der Waals surface area contributed by atoms with Gasteiger partial charge in [0.05, 0.1) is 7.11 Å². The van der Waals surface area contributed by atoms with E-state index in [2.05, 4.69) is 22.4 Å². The lowest BCUT2D eigenvalue weighted by Gasteiger charge is -2.07. The molecule has 0 spiro atoms. The number of amides is 1. The van der Waals surface area contributed by atoms with Gasteiger partial charge < -0.3 is 10.1 Å². The van der Waals surface area contributed by atoms with Gasteiger partial charge in [0.15, 0.2) is 5.82 Å². The second kappa shape index (κ2) is 6.23. The molecule has 0 fully saturated rings. The molecular weight excluding hydrogens is 254 g/mol. The smallest absolute Gasteiger partial charge is 0.256 e. The van der Waals surface area contributed by atoms with E-state index in [1.54, 1.807) is 19.2 Å². The van der Waals surface area contributed by atoms with E-state index in [0.717, 1.165) is 24.1 Å². The number of rotatable bonds is 5. The van der Waals surface area contributed by atoms with Crippen LogP contribution >= 0.6 is 0 Å². The van der Waals surface area contributed by atoms with Crippen LogP contribution in [-0.4, -0.2) is 23.2 Å². The highest BCUT2D eigenvalue weighted by atomic mass is 16.5. The molecule has 0 aliphatic carbocycles. The fourth-order valence-corrected chi connectivity index (χ4v) is 1.97. The third-order valence-corrected chi connectivity index (χ3v) is 3.06. The van der Waals surface area contributed by atoms with E-state index < -0.39 is 0 Å². The van der Waals surface area contributed by atoms with Crippen molar-refractivity contribution >= 4 is 11.7 Å². The molecule has 1 amide bonds. The fraction of sp³-hybridized carbons (Fsp3) is 0.333. The first-order valence-electron chi connectivity index (χ1n) is 6.64. The number of hydrogen-bond donors (Lipinski definition) is 2. The summed E-state index contributed by atoms with van der Waals surface area (Å²) in [4.78, 5) is 12.1. The van der Waals surface area contributed by atoms with Gasteiger partial charge in [-0.2, -0.15) is 5.10 Å². The minimum absolute atomic E-state index is 0.196. The molecule has 20 heavy (non-hydrogen) atoms. The summed E-state index contributed by atoms with van der Waals surface area (Å²) >= 11 is 0. The lowest BCUT2D eigenvalue weighted by Crippen LogP contribution is -2.12. The van der Waals surface area contributed by atoms with Crippen LogP contribution in [0.15, 0.2) is 24.3 Å². The van der Waals surface area contributed by atoms with E-state index in [1.165, 1.54) is 0 Å². The van der Waals surface area contributed by atoms with Crippen LogP contribution in [0.4, 0.5) is 5.82 Å². The lowest BCUT2D eigenvalue weighted by molar-refractivity contribution is 0.102. The summed E-state index contributed by atoms with van der Waals surface area (Å²) in [6.45, 7) is 4.03. The second-order valence-corrected chi connectivity index (χ2v) is 4.67. The van der Waals surface area contributed by atoms with Crippen molar-refractivity contribution in [2.24, 2.45) is 0 Å². The number of ether oxygens (including phenoxy) is 1. The number of aromatic nitrogens is 2. The number of hydrogen-bond acceptors (Lipinski definition) is 3. The van der Waals surface area contributed by atoms with Gasteiger partial charge >= 0.3 is 0 Å². The molecule has 1 aromatic heterocycles. The van der Waals surface area contributed by atoms with Crippen LogP contribution in [0.3, 0.4) is 0 Å². The summed E-state index contributed by atoms with van der Waals surface area (Å²) < 4.78 is 5.22. The maximum atomic E-state index is 12.1. The Morgan fingerprint density at radius 1 is 1.40 bits per heavy atom. The van der Waals surface area contributed by atoms with Gasteiger partial charge in [0.1, 0.15) is 5.75 Å². The molecule has 1 aromatic carbocycles. The van der Waals surface area contributed by atoms with E-state index in [-0.39, 0.29) is 5.91 Å². The van der Waals surface area contributed by atoms with Crippen LogP contribution in [-0.2, 0) is 6.42 Å². The molecule has 2 aromatic rings. The van der Waals surface area contributed by atoms with Crippen molar-refractivity contribution < 1.29 is 9.53 Å². The van der Waals surface area contributed by atoms with Crippen molar-refractivity contribution in [2.75, 3.05) is 12.4 Å². The Bertz CT molecular complexity index is 605. The predicted molar refractivity (Wildman–Crippen MR) is 78.3 cm³/mol. The van der Waals surface area contributed by atoms with E-state index >= 15 is 0 Å². The van der Waals surface area contributed by atoms with Gasteiger partial charge in [-0.25, -0.2) is 0 Å². The van der Waals surface area contributed by atoms with E-state index in [1.807, 2.05) is 19.1 Å². The summed E-state index contributed by atoms with van der Waals surface area (Å²) in [6.07, 6.45) is 1.95. The average Bonchev–Trinajstić information content (AvgIpc) is 2.87. The molecule has 0 unspecified atom stereocenters. The van der Waals surface area contributed by atoms with Crippen LogP contribution in [0.2, 0.25) is 0 Å². The number of anilines is 1. The number of methoxy groups -OCH3 is 1. The van der Waals surface area contributed by atoms with E-state index in [4.69, 9.17) is 4.74 Å². The molecule has 0 radical (unpaired) electrons. The van der Waals surface area contributed by atoms with Gasteiger partial charge in [-0.3, -0.25) is 9.89 Å². The molecule has 0 aliphatic heterocycles. The zero-order valence-corrected chi connectivity index (χ0v) is 12.0. The van der Waals surface area contributed by atoms with Crippen molar-refractivity contribution in [2.45, 2.75) is 26.7 Å². The zero-order valence-electron chi connectivity index (χ0n) is 12.0. The van der Waals surface area contributed by atoms with Crippen LogP contribution < -0.4 is 10.1 Å². The number of nitrogens with zero attached hydrogens (tertiary/aromatic N) is 1. The summed E-state index contributed by atoms with van der Waals surface area (Å²) in [5, 5.41) is 9.75. The van der Waals surface area contributed by atoms with Gasteiger partial charge in [0.2, 0.25) is 0 Å². The lowest BCUT2D eigenvalue weighted by atomic mass is 10.1. The third-order valence-electron chi connectivity index (χ3n) is 3.06. The average molecular weight is 273 g/mol. The Kier molecular flexibility index (Phi) is 4.40. The summed E-state index contributed by atoms with van der Waals surface area (Å²) in [7, 11) is 1.59. The van der Waals surface area contributed by atoms with Crippen molar-refractivity contribution in [3.63, 3.8) is 0 Å². The van der Waals surface area contributed by atoms with Gasteiger partial charge in [-0.1, -0.05) is 19.4 Å². The van der Waals surface area contributed by atoms with E-state index in [9.17, 15) is 4.79 Å². The minimum Gasteiger partial charge on any atom is -0.496 e. The predicted octanol–water partition coefficient (Wildman–Crippen LogP) is 2.93. The SMILES string of the molecule is CCCc1cc(NC(=O)c2ccc(C)c(OC)c2)n[nH]1. The van der Waals surface area contributed by atoms with Crippen molar-refractivity contribution in [3.8, 4) is 5.75 Å². The molecular formula is C15H19N3O2. The topological polar surface area (TPSA) is 67.0 Å². The third kappa shape index (κ3) is 3.17. The molecule has 0 saturated carbocycles. The van der Waals surface area contributed by atoms with Crippen molar-refractivity contribution in [1.82, 2.24) is 10.2 Å². The Labute approximate surface area is 118 Å². The van der Waals surface area contributed by atoms with Gasteiger partial charge in [0, 0.05) is 17.3 Å². The summed E-state index contributed by atoms with van der Waals surface area (Å²) in [5.74, 6) is 1.04. The zero-order chi connectivity index (χ0) is 14.5. The Morgan fingerprint density at radius 2 is 2.20 bits per heavy atom. The van der Waals surface area contributed by atoms with E-state index in [0.29, 0.717) is 17.1 Å². The van der Waals surface area contributed by atoms with Gasteiger partial charge in [-0.15, -0.1) is 0 Å². The highest BCUT2D eigenvalue weighted by Gasteiger charge is 2.10. The van der Waals surface area contributed by atoms with Crippen molar-refractivity contribution in [1.29, 1.82) is 0 Å². The van der Waals surface area contributed by atoms with Crippen molar-refractivity contribution in [3.05, 3.63) is 41.1 Å². The number of carbonyl (C=O) groups excluding carboxylic acids is 1. The molecule has 5 heteroatoms. The first kappa shape index (κ1) is 14.1. The monoisotopic (exact) mass is 273 g/mol. The standard InChI is InChI=1S/C15H19N3O2/c1-4-5-12-9-14(18-17-12)16-15(19)11-7-6-10(2)13(8-11)20-3/h6-9H,4-5H2,1-3H3,(H2,16,17,18,19). The normalized spacial score (nSPS) is 10.3. The molecule has 106 valence electrons. The number of carbonyl (C=O) groups is 1. The number of aryl methyl sites for hydroxylation is 2. The van der Waals surface area contributed by atoms with Gasteiger partial charge in [-0.05, 0) is 31.0 Å².